The van der Waals surface area contributed by atoms with Crippen molar-refractivity contribution in [3.8, 4) is 0 Å². The van der Waals surface area contributed by atoms with Crippen LogP contribution in [0.15, 0.2) is 0 Å². The Morgan fingerprint density at radius 2 is 0.935 bits per heavy atom. The van der Waals surface area contributed by atoms with Crippen molar-refractivity contribution in [2.75, 3.05) is 6.54 Å². The number of aliphatic carboxylic acids is 1. The lowest BCUT2D eigenvalue weighted by Crippen LogP contribution is -2.34. The first-order valence-corrected chi connectivity index (χ1v) is 13.5. The Kier molecular flexibility index (Phi) is 26.9. The van der Waals surface area contributed by atoms with E-state index >= 15 is 0 Å². The van der Waals surface area contributed by atoms with Gasteiger partial charge in [0.1, 0.15) is 0 Å². The molecule has 0 aromatic heterocycles. The van der Waals surface area contributed by atoms with Crippen molar-refractivity contribution < 1.29 is 9.90 Å². The van der Waals surface area contributed by atoms with E-state index in [-0.39, 0.29) is 5.54 Å². The third kappa shape index (κ3) is 37.1. The molecule has 5 N–H and O–H groups in total. The van der Waals surface area contributed by atoms with Crippen LogP contribution >= 0.6 is 0 Å². The predicted molar refractivity (Wildman–Crippen MR) is 138 cm³/mol. The van der Waals surface area contributed by atoms with Crippen molar-refractivity contribution in [2.45, 2.75) is 161 Å². The first-order valence-electron chi connectivity index (χ1n) is 13.5. The molecule has 0 heterocycles. The molecule has 0 aromatic carbocycles. The van der Waals surface area contributed by atoms with Gasteiger partial charge in [0.05, 0.1) is 0 Å². The number of carbonyl (C=O) groups is 1. The molecule has 0 fully saturated rings. The maximum Gasteiger partial charge on any atom is 0.303 e. The second-order valence-corrected chi connectivity index (χ2v) is 10.0. The van der Waals surface area contributed by atoms with E-state index in [1.807, 2.05) is 13.8 Å². The third-order valence-corrected chi connectivity index (χ3v) is 5.78. The second-order valence-electron chi connectivity index (χ2n) is 10.0. The Balaban J connectivity index is 0. The summed E-state index contributed by atoms with van der Waals surface area (Å²) in [5.74, 6) is -0.651. The molecule has 0 aromatic rings. The van der Waals surface area contributed by atoms with Crippen LogP contribution in [0, 0.1) is 0 Å². The smallest absolute Gasteiger partial charge is 0.303 e. The highest BCUT2D eigenvalue weighted by Gasteiger charge is 2.06. The fourth-order valence-electron chi connectivity index (χ4n) is 3.73. The molecule has 4 heteroatoms. The van der Waals surface area contributed by atoms with Crippen LogP contribution in [0.1, 0.15) is 156 Å². The fourth-order valence-corrected chi connectivity index (χ4v) is 3.73. The van der Waals surface area contributed by atoms with Crippen LogP contribution in [0.25, 0.3) is 0 Å². The topological polar surface area (TPSA) is 89.3 Å². The summed E-state index contributed by atoms with van der Waals surface area (Å²) in [6.45, 7) is 6.91. The molecule has 0 amide bonds. The van der Waals surface area contributed by atoms with Crippen molar-refractivity contribution in [3.63, 3.8) is 0 Å². The van der Waals surface area contributed by atoms with Crippen LogP contribution in [0.3, 0.4) is 0 Å². The summed E-state index contributed by atoms with van der Waals surface area (Å²) < 4.78 is 0. The Morgan fingerprint density at radius 1 is 0.645 bits per heavy atom. The summed E-state index contributed by atoms with van der Waals surface area (Å²) in [4.78, 5) is 10.4. The highest BCUT2D eigenvalue weighted by molar-refractivity contribution is 5.66. The minimum Gasteiger partial charge on any atom is -0.481 e. The van der Waals surface area contributed by atoms with Gasteiger partial charge in [-0.15, -0.1) is 0 Å². The first-order chi connectivity index (χ1) is 14.8. The average molecular weight is 443 g/mol. The minimum atomic E-state index is -0.651. The summed E-state index contributed by atoms with van der Waals surface area (Å²) in [5.41, 5.74) is 10.7. The van der Waals surface area contributed by atoms with Crippen LogP contribution in [0.4, 0.5) is 0 Å². The van der Waals surface area contributed by atoms with Crippen LogP contribution in [-0.2, 0) is 4.79 Å². The number of nitrogens with two attached hydrogens (primary N) is 2. The number of unbranched alkanes of at least 4 members (excludes halogenated alkanes) is 18. The van der Waals surface area contributed by atoms with Gasteiger partial charge in [0, 0.05) is 12.0 Å². The number of carboxylic acids is 1. The molecule has 0 unspecified atom stereocenters. The van der Waals surface area contributed by atoms with Crippen LogP contribution in [0.2, 0.25) is 0 Å². The lowest BCUT2D eigenvalue weighted by atomic mass is 10.0. The van der Waals surface area contributed by atoms with Crippen LogP contribution in [0.5, 0.6) is 0 Å². The zero-order valence-electron chi connectivity index (χ0n) is 21.6. The first kappa shape index (κ1) is 32.6. The van der Waals surface area contributed by atoms with Gasteiger partial charge >= 0.3 is 5.97 Å². The summed E-state index contributed by atoms with van der Waals surface area (Å²) in [6.07, 6.45) is 27.0. The molecule has 0 aliphatic rings. The van der Waals surface area contributed by atoms with Crippen molar-refractivity contribution in [1.82, 2.24) is 0 Å². The van der Waals surface area contributed by atoms with Gasteiger partial charge in [0.15, 0.2) is 0 Å². The van der Waals surface area contributed by atoms with Gasteiger partial charge in [-0.05, 0) is 33.2 Å². The molecule has 188 valence electrons. The molecule has 4 nitrogen and oxygen atoms in total. The highest BCUT2D eigenvalue weighted by Crippen LogP contribution is 2.14. The molecule has 0 radical (unpaired) electrons. The van der Waals surface area contributed by atoms with E-state index in [0.717, 1.165) is 19.3 Å². The van der Waals surface area contributed by atoms with Crippen molar-refractivity contribution >= 4 is 5.97 Å². The Hall–Kier alpha value is -0.610. The van der Waals surface area contributed by atoms with Gasteiger partial charge in [-0.2, -0.15) is 0 Å². The van der Waals surface area contributed by atoms with Crippen LogP contribution in [-0.4, -0.2) is 23.2 Å². The lowest BCUT2D eigenvalue weighted by molar-refractivity contribution is -0.137. The lowest BCUT2D eigenvalue weighted by Gasteiger charge is -2.15. The van der Waals surface area contributed by atoms with E-state index in [2.05, 4.69) is 6.92 Å². The highest BCUT2D eigenvalue weighted by atomic mass is 16.4. The number of rotatable bonds is 22. The largest absolute Gasteiger partial charge is 0.481 e. The van der Waals surface area contributed by atoms with E-state index in [9.17, 15) is 4.79 Å². The molecule has 0 atom stereocenters. The van der Waals surface area contributed by atoms with Gasteiger partial charge < -0.3 is 16.6 Å². The second kappa shape index (κ2) is 25.6. The molecule has 0 rings (SSSR count). The maximum atomic E-state index is 10.4. The number of hydrogen-bond acceptors (Lipinski definition) is 3. The number of carboxylic acid groups (broad SMARTS) is 1. The SMILES string of the molecule is CC(C)(N)CCN.CCCCCCCCCCCCCCCCCCCCCC(=O)O. The van der Waals surface area contributed by atoms with E-state index in [4.69, 9.17) is 16.6 Å². The molecule has 0 aliphatic heterocycles. The van der Waals surface area contributed by atoms with Crippen molar-refractivity contribution in [3.05, 3.63) is 0 Å². The Morgan fingerprint density at radius 3 is 1.13 bits per heavy atom. The zero-order valence-corrected chi connectivity index (χ0v) is 21.6. The average Bonchev–Trinajstić information content (AvgIpc) is 2.69. The minimum absolute atomic E-state index is 0.0747. The molecule has 0 saturated heterocycles. The van der Waals surface area contributed by atoms with Gasteiger partial charge in [-0.1, -0.05) is 122 Å². The summed E-state index contributed by atoms with van der Waals surface area (Å²) >= 11 is 0. The summed E-state index contributed by atoms with van der Waals surface area (Å²) in [7, 11) is 0. The molecular formula is C27H58N2O2. The molecule has 0 spiro atoms. The van der Waals surface area contributed by atoms with E-state index in [0.29, 0.717) is 13.0 Å². The van der Waals surface area contributed by atoms with Crippen molar-refractivity contribution in [1.29, 1.82) is 0 Å². The summed E-state index contributed by atoms with van der Waals surface area (Å²) in [5, 5.41) is 8.56. The van der Waals surface area contributed by atoms with E-state index in [1.54, 1.807) is 0 Å². The van der Waals surface area contributed by atoms with Gasteiger partial charge in [0.25, 0.3) is 0 Å². The predicted octanol–water partition coefficient (Wildman–Crippen LogP) is 7.97. The Bertz CT molecular complexity index is 354. The zero-order chi connectivity index (χ0) is 23.6. The monoisotopic (exact) mass is 442 g/mol. The quantitative estimate of drug-likeness (QED) is 0.148. The Labute approximate surface area is 195 Å². The summed E-state index contributed by atoms with van der Waals surface area (Å²) in [6, 6.07) is 0. The molecule has 31 heavy (non-hydrogen) atoms. The maximum absolute atomic E-state index is 10.4. The van der Waals surface area contributed by atoms with Gasteiger partial charge in [-0.25, -0.2) is 0 Å². The van der Waals surface area contributed by atoms with E-state index < -0.39 is 5.97 Å². The number of hydrogen-bond donors (Lipinski definition) is 3. The van der Waals surface area contributed by atoms with E-state index in [1.165, 1.54) is 109 Å². The molecule has 0 bridgehead atoms. The van der Waals surface area contributed by atoms with Gasteiger partial charge in [0.2, 0.25) is 0 Å². The van der Waals surface area contributed by atoms with Crippen molar-refractivity contribution in [2.24, 2.45) is 11.5 Å². The standard InChI is InChI=1S/C22H44O2.C5H14N2/c1-2-3-4-5-6-7-8-9-10-11-12-13-14-15-16-17-18-19-20-21-22(23)24;1-5(2,7)3-4-6/h2-21H2,1H3,(H,23,24);3-4,6-7H2,1-2H3. The molecular weight excluding hydrogens is 384 g/mol. The molecule has 0 aliphatic carbocycles. The third-order valence-electron chi connectivity index (χ3n) is 5.78. The molecule has 0 saturated carbocycles. The fraction of sp³-hybridized carbons (Fsp3) is 0.963. The van der Waals surface area contributed by atoms with Gasteiger partial charge in [-0.3, -0.25) is 4.79 Å². The van der Waals surface area contributed by atoms with Crippen LogP contribution < -0.4 is 11.5 Å². The normalized spacial score (nSPS) is 11.3.